The smallest absolute Gasteiger partial charge is 0.224 e. The molecule has 2 bridgehead atoms. The second-order valence-electron chi connectivity index (χ2n) is 9.65. The van der Waals surface area contributed by atoms with Crippen LogP contribution < -0.4 is 16.0 Å². The van der Waals surface area contributed by atoms with Crippen molar-refractivity contribution in [1.29, 1.82) is 0 Å². The van der Waals surface area contributed by atoms with Crippen molar-refractivity contribution in [3.05, 3.63) is 34.1 Å². The molecule has 2 amide bonds. The SMILES string of the molecule is O=C(NCc1ccc(Br)cc1F)C1C(C(=O)N[C@H]2CCNC[C@@H]2F)C2CCC1C21CC1. The zero-order valence-corrected chi connectivity index (χ0v) is 18.9. The van der Waals surface area contributed by atoms with Gasteiger partial charge in [-0.1, -0.05) is 22.0 Å². The highest BCUT2D eigenvalue weighted by Gasteiger charge is 2.71. The van der Waals surface area contributed by atoms with E-state index in [2.05, 4.69) is 31.9 Å². The molecule has 8 heteroatoms. The summed E-state index contributed by atoms with van der Waals surface area (Å²) in [5.41, 5.74) is 0.521. The zero-order valence-electron chi connectivity index (χ0n) is 17.3. The number of hydrogen-bond donors (Lipinski definition) is 3. The Kier molecular flexibility index (Phi) is 5.57. The summed E-state index contributed by atoms with van der Waals surface area (Å²) in [4.78, 5) is 26.6. The zero-order chi connectivity index (χ0) is 21.8. The molecule has 1 saturated heterocycles. The van der Waals surface area contributed by atoms with E-state index < -0.39 is 24.0 Å². The fraction of sp³-hybridized carbons (Fsp3) is 0.652. The average Bonchev–Trinajstić information content (AvgIpc) is 3.41. The van der Waals surface area contributed by atoms with Gasteiger partial charge in [0.25, 0.3) is 0 Å². The third-order valence-corrected chi connectivity index (χ3v) is 8.65. The molecule has 0 radical (unpaired) electrons. The maximum atomic E-state index is 14.3. The summed E-state index contributed by atoms with van der Waals surface area (Å²) < 4.78 is 29.1. The van der Waals surface area contributed by atoms with Crippen LogP contribution in [0.15, 0.2) is 22.7 Å². The first-order valence-corrected chi connectivity index (χ1v) is 12.1. The Bertz CT molecular complexity index is 894. The minimum Gasteiger partial charge on any atom is -0.352 e. The van der Waals surface area contributed by atoms with E-state index in [-0.39, 0.29) is 48.0 Å². The predicted molar refractivity (Wildman–Crippen MR) is 115 cm³/mol. The van der Waals surface area contributed by atoms with E-state index in [4.69, 9.17) is 0 Å². The van der Waals surface area contributed by atoms with Gasteiger partial charge in [-0.25, -0.2) is 8.78 Å². The highest BCUT2D eigenvalue weighted by Crippen LogP contribution is 2.74. The summed E-state index contributed by atoms with van der Waals surface area (Å²) in [5, 5.41) is 8.83. The molecule has 0 aromatic heterocycles. The number of carbonyl (C=O) groups is 2. The monoisotopic (exact) mass is 495 g/mol. The number of piperidine rings is 1. The van der Waals surface area contributed by atoms with Crippen LogP contribution >= 0.6 is 15.9 Å². The topological polar surface area (TPSA) is 70.2 Å². The van der Waals surface area contributed by atoms with Crippen LogP contribution in [0.3, 0.4) is 0 Å². The molecule has 3 aliphatic carbocycles. The summed E-state index contributed by atoms with van der Waals surface area (Å²) in [7, 11) is 0. The average molecular weight is 496 g/mol. The molecule has 1 aliphatic heterocycles. The number of benzene rings is 1. The van der Waals surface area contributed by atoms with E-state index in [1.54, 1.807) is 12.1 Å². The van der Waals surface area contributed by atoms with E-state index in [1.165, 1.54) is 6.07 Å². The third-order valence-electron chi connectivity index (χ3n) is 8.16. The van der Waals surface area contributed by atoms with Gasteiger partial charge in [0.2, 0.25) is 11.8 Å². The summed E-state index contributed by atoms with van der Waals surface area (Å²) in [6.45, 7) is 1.01. The van der Waals surface area contributed by atoms with Gasteiger partial charge in [0.15, 0.2) is 0 Å². The van der Waals surface area contributed by atoms with Gasteiger partial charge in [-0.2, -0.15) is 0 Å². The Morgan fingerprint density at radius 1 is 1.13 bits per heavy atom. The maximum Gasteiger partial charge on any atom is 0.224 e. The van der Waals surface area contributed by atoms with Crippen LogP contribution in [0.4, 0.5) is 8.78 Å². The van der Waals surface area contributed by atoms with Crippen LogP contribution in [0.1, 0.15) is 37.7 Å². The minimum atomic E-state index is -1.11. The summed E-state index contributed by atoms with van der Waals surface area (Å²) in [5.74, 6) is -1.19. The molecule has 1 heterocycles. The Balaban J connectivity index is 1.32. The Hall–Kier alpha value is -1.54. The minimum absolute atomic E-state index is 0.0913. The molecule has 1 spiro atoms. The van der Waals surface area contributed by atoms with Gasteiger partial charge in [0, 0.05) is 23.1 Å². The molecule has 168 valence electrons. The van der Waals surface area contributed by atoms with Crippen LogP contribution in [-0.4, -0.2) is 37.1 Å². The molecule has 3 saturated carbocycles. The number of hydrogen-bond acceptors (Lipinski definition) is 3. The fourth-order valence-electron chi connectivity index (χ4n) is 6.59. The van der Waals surface area contributed by atoms with Crippen molar-refractivity contribution < 1.29 is 18.4 Å². The van der Waals surface area contributed by atoms with Crippen molar-refractivity contribution in [3.63, 3.8) is 0 Å². The van der Waals surface area contributed by atoms with Crippen LogP contribution in [0.2, 0.25) is 0 Å². The molecular weight excluding hydrogens is 468 g/mol. The molecule has 4 fully saturated rings. The molecule has 3 N–H and O–H groups in total. The molecular formula is C23H28BrF2N3O2. The summed E-state index contributed by atoms with van der Waals surface area (Å²) >= 11 is 3.24. The van der Waals surface area contributed by atoms with Crippen LogP contribution in [0, 0.1) is 34.9 Å². The molecule has 1 aromatic rings. The number of halogens is 3. The second-order valence-corrected chi connectivity index (χ2v) is 10.6. The summed E-state index contributed by atoms with van der Waals surface area (Å²) in [6, 6.07) is 4.26. The van der Waals surface area contributed by atoms with E-state index in [0.717, 1.165) is 25.7 Å². The van der Waals surface area contributed by atoms with Crippen LogP contribution in [0.25, 0.3) is 0 Å². The van der Waals surface area contributed by atoms with Gasteiger partial charge >= 0.3 is 0 Å². The predicted octanol–water partition coefficient (Wildman–Crippen LogP) is 3.07. The van der Waals surface area contributed by atoms with Crippen molar-refractivity contribution >= 4 is 27.7 Å². The number of carbonyl (C=O) groups excluding carboxylic acids is 2. The van der Waals surface area contributed by atoms with Crippen LogP contribution in [0.5, 0.6) is 0 Å². The van der Waals surface area contributed by atoms with Gasteiger partial charge in [-0.15, -0.1) is 0 Å². The van der Waals surface area contributed by atoms with Crippen molar-refractivity contribution in [1.82, 2.24) is 16.0 Å². The largest absolute Gasteiger partial charge is 0.352 e. The van der Waals surface area contributed by atoms with Gasteiger partial charge in [0.05, 0.1) is 17.9 Å². The number of alkyl halides is 1. The standard InChI is InChI=1S/C23H28BrF2N3O2/c24-13-2-1-12(16(25)9-13)10-28-21(30)19-14-3-4-15(23(14)6-7-23)20(19)22(31)29-18-5-8-27-11-17(18)26/h1-2,9,14-15,17-20,27H,3-8,10-11H2,(H,28,30)(H,29,31)/t14?,15?,17-,18-,19?,20?/m0/s1. The molecule has 5 rings (SSSR count). The molecule has 6 atom stereocenters. The number of nitrogens with one attached hydrogen (secondary N) is 3. The molecule has 4 unspecified atom stereocenters. The Morgan fingerprint density at radius 3 is 2.48 bits per heavy atom. The number of amides is 2. The van der Waals surface area contributed by atoms with E-state index in [9.17, 15) is 18.4 Å². The van der Waals surface area contributed by atoms with Gasteiger partial charge in [0.1, 0.15) is 12.0 Å². The highest BCUT2D eigenvalue weighted by molar-refractivity contribution is 9.10. The van der Waals surface area contributed by atoms with Crippen LogP contribution in [-0.2, 0) is 16.1 Å². The lowest BCUT2D eigenvalue weighted by Gasteiger charge is -2.33. The lowest BCUT2D eigenvalue weighted by molar-refractivity contribution is -0.138. The molecule has 31 heavy (non-hydrogen) atoms. The quantitative estimate of drug-likeness (QED) is 0.587. The first-order valence-electron chi connectivity index (χ1n) is 11.3. The third kappa shape index (κ3) is 3.69. The summed E-state index contributed by atoms with van der Waals surface area (Å²) in [6.07, 6.45) is 3.49. The van der Waals surface area contributed by atoms with Crippen molar-refractivity contribution in [2.24, 2.45) is 29.1 Å². The highest BCUT2D eigenvalue weighted by atomic mass is 79.9. The molecule has 4 aliphatic rings. The van der Waals surface area contributed by atoms with Crippen molar-refractivity contribution in [3.8, 4) is 0 Å². The van der Waals surface area contributed by atoms with E-state index in [1.807, 2.05) is 0 Å². The first kappa shape index (κ1) is 21.3. The lowest BCUT2D eigenvalue weighted by Crippen LogP contribution is -2.54. The van der Waals surface area contributed by atoms with Crippen molar-refractivity contribution in [2.45, 2.75) is 50.9 Å². The van der Waals surface area contributed by atoms with Gasteiger partial charge < -0.3 is 16.0 Å². The van der Waals surface area contributed by atoms with Gasteiger partial charge in [-0.05, 0) is 68.0 Å². The second kappa shape index (κ2) is 8.10. The Labute approximate surface area is 189 Å². The van der Waals surface area contributed by atoms with Gasteiger partial charge in [-0.3, -0.25) is 9.59 Å². The fourth-order valence-corrected chi connectivity index (χ4v) is 6.92. The van der Waals surface area contributed by atoms with E-state index >= 15 is 0 Å². The van der Waals surface area contributed by atoms with Crippen molar-refractivity contribution in [2.75, 3.05) is 13.1 Å². The number of rotatable bonds is 5. The lowest BCUT2D eigenvalue weighted by atomic mass is 9.78. The normalized spacial score (nSPS) is 35.2. The van der Waals surface area contributed by atoms with E-state index in [0.29, 0.717) is 23.0 Å². The maximum absolute atomic E-state index is 14.3. The Morgan fingerprint density at radius 2 is 1.84 bits per heavy atom. The molecule has 1 aromatic carbocycles. The first-order chi connectivity index (χ1) is 14.9. The molecule has 5 nitrogen and oxygen atoms in total.